The Balaban J connectivity index is 2.18. The fraction of sp³-hybridized carbons (Fsp3) is 0.353. The number of nitrogens with one attached hydrogen (secondary N) is 1. The lowest BCUT2D eigenvalue weighted by molar-refractivity contribution is 0.583. The predicted molar refractivity (Wildman–Crippen MR) is 90.3 cm³/mol. The van der Waals surface area contributed by atoms with Crippen LogP contribution < -0.4 is 5.32 Å². The van der Waals surface area contributed by atoms with E-state index in [1.807, 2.05) is 52.0 Å². The molecule has 3 nitrogen and oxygen atoms in total. The molecule has 1 N–H and O–H groups in total. The summed E-state index contributed by atoms with van der Waals surface area (Å²) in [4.78, 5) is 3.62. The highest BCUT2D eigenvalue weighted by molar-refractivity contribution is 7.85. The van der Waals surface area contributed by atoms with Crippen molar-refractivity contribution in [1.29, 1.82) is 0 Å². The fourth-order valence-corrected chi connectivity index (χ4v) is 2.81. The largest absolute Gasteiger partial charge is 0.355 e. The Morgan fingerprint density at radius 3 is 2.68 bits per heavy atom. The van der Waals surface area contributed by atoms with Crippen molar-refractivity contribution in [3.8, 4) is 0 Å². The Labute approximate surface area is 133 Å². The highest BCUT2D eigenvalue weighted by Gasteiger charge is 2.19. The van der Waals surface area contributed by atoms with E-state index in [1.54, 1.807) is 0 Å². The molecule has 0 spiro atoms. The molecule has 1 atom stereocenters. The zero-order chi connectivity index (χ0) is 16.3. The number of nitrogens with zero attached hydrogens (tertiary/aromatic N) is 1. The molecule has 2 rings (SSSR count). The van der Waals surface area contributed by atoms with Crippen LogP contribution >= 0.6 is 0 Å². The van der Waals surface area contributed by atoms with Gasteiger partial charge in [0.2, 0.25) is 5.95 Å². The van der Waals surface area contributed by atoms with E-state index in [0.29, 0.717) is 11.4 Å². The van der Waals surface area contributed by atoms with Crippen LogP contribution in [0.1, 0.15) is 31.9 Å². The van der Waals surface area contributed by atoms with Gasteiger partial charge >= 0.3 is 0 Å². The van der Waals surface area contributed by atoms with E-state index in [9.17, 15) is 8.60 Å². The smallest absolute Gasteiger partial charge is 0.214 e. The highest BCUT2D eigenvalue weighted by Crippen LogP contribution is 2.23. The zero-order valence-electron chi connectivity index (χ0n) is 13.3. The van der Waals surface area contributed by atoms with Gasteiger partial charge in [-0.15, -0.1) is 0 Å². The number of aromatic nitrogens is 1. The Kier molecular flexibility index (Phi) is 4.96. The Morgan fingerprint density at radius 2 is 2.00 bits per heavy atom. The van der Waals surface area contributed by atoms with Gasteiger partial charge in [-0.25, -0.2) is 4.98 Å². The first kappa shape index (κ1) is 16.6. The maximum Gasteiger partial charge on any atom is 0.214 e. The van der Waals surface area contributed by atoms with Gasteiger partial charge in [-0.2, -0.15) is 4.39 Å². The number of anilines is 2. The molecular weight excluding hydrogens is 299 g/mol. The van der Waals surface area contributed by atoms with E-state index in [2.05, 4.69) is 10.3 Å². The number of hydrogen-bond acceptors (Lipinski definition) is 3. The molecule has 0 fully saturated rings. The lowest BCUT2D eigenvalue weighted by Gasteiger charge is -2.18. The summed E-state index contributed by atoms with van der Waals surface area (Å²) in [7, 11) is -0.949. The first-order valence-electron chi connectivity index (χ1n) is 7.12. The number of pyridine rings is 1. The predicted octanol–water partition coefficient (Wildman–Crippen LogP) is 4.32. The van der Waals surface area contributed by atoms with Crippen LogP contribution in [0, 0.1) is 12.9 Å². The van der Waals surface area contributed by atoms with Gasteiger partial charge in [-0.1, -0.05) is 12.1 Å². The van der Waals surface area contributed by atoms with Crippen LogP contribution in [0.3, 0.4) is 0 Å². The molecule has 0 bridgehead atoms. The van der Waals surface area contributed by atoms with Gasteiger partial charge in [0, 0.05) is 44.9 Å². The van der Waals surface area contributed by atoms with Gasteiger partial charge in [0.1, 0.15) is 0 Å². The molecule has 0 radical (unpaired) electrons. The van der Waals surface area contributed by atoms with E-state index in [-0.39, 0.29) is 4.75 Å². The van der Waals surface area contributed by atoms with Crippen molar-refractivity contribution in [1.82, 2.24) is 4.98 Å². The van der Waals surface area contributed by atoms with E-state index in [4.69, 9.17) is 0 Å². The first-order chi connectivity index (χ1) is 10.3. The topological polar surface area (TPSA) is 42.0 Å². The van der Waals surface area contributed by atoms with Crippen LogP contribution in [0.25, 0.3) is 0 Å². The molecule has 1 heterocycles. The quantitative estimate of drug-likeness (QED) is 0.853. The summed E-state index contributed by atoms with van der Waals surface area (Å²) >= 11 is 0. The van der Waals surface area contributed by atoms with E-state index in [1.165, 1.54) is 12.3 Å². The third-order valence-corrected chi connectivity index (χ3v) is 5.22. The highest BCUT2D eigenvalue weighted by atomic mass is 32.2. The molecule has 5 heteroatoms. The van der Waals surface area contributed by atoms with Gasteiger partial charge in [-0.3, -0.25) is 4.21 Å². The average molecular weight is 320 g/mol. The number of halogens is 1. The lowest BCUT2D eigenvalue weighted by Crippen LogP contribution is -2.22. The van der Waals surface area contributed by atoms with Gasteiger partial charge in [0.15, 0.2) is 0 Å². The van der Waals surface area contributed by atoms with E-state index in [0.717, 1.165) is 16.8 Å². The van der Waals surface area contributed by atoms with Crippen molar-refractivity contribution in [3.63, 3.8) is 0 Å². The minimum Gasteiger partial charge on any atom is -0.355 e. The molecule has 118 valence electrons. The van der Waals surface area contributed by atoms with Gasteiger partial charge < -0.3 is 5.32 Å². The molecular formula is C17H21FN2OS. The summed E-state index contributed by atoms with van der Waals surface area (Å²) in [5.74, 6) is -0.0130. The molecule has 0 aliphatic rings. The minimum atomic E-state index is -0.949. The number of hydrogen-bond donors (Lipinski definition) is 1. The summed E-state index contributed by atoms with van der Waals surface area (Å²) in [6.45, 7) is 7.77. The van der Waals surface area contributed by atoms with Crippen molar-refractivity contribution >= 4 is 22.2 Å². The lowest BCUT2D eigenvalue weighted by atomic mass is 10.2. The van der Waals surface area contributed by atoms with E-state index < -0.39 is 16.7 Å². The van der Waals surface area contributed by atoms with Crippen molar-refractivity contribution < 1.29 is 8.60 Å². The van der Waals surface area contributed by atoms with Crippen molar-refractivity contribution in [2.45, 2.75) is 38.2 Å². The number of aryl methyl sites for hydroxylation is 1. The van der Waals surface area contributed by atoms with Crippen LogP contribution in [-0.2, 0) is 16.6 Å². The fourth-order valence-electron chi connectivity index (χ4n) is 1.90. The normalized spacial score (nSPS) is 13.0. The Morgan fingerprint density at radius 1 is 1.27 bits per heavy atom. The van der Waals surface area contributed by atoms with Crippen molar-refractivity contribution in [3.05, 3.63) is 53.6 Å². The second kappa shape index (κ2) is 6.57. The molecule has 1 unspecified atom stereocenters. The standard InChI is InChI=1S/C17H21FN2OS/c1-12-10-19-16(18)9-15(12)20-14-7-5-6-13(8-14)11-22(21)17(2,3)4/h5-10H,11H2,1-4H3,(H,19,20). The summed E-state index contributed by atoms with van der Waals surface area (Å²) in [5.41, 5.74) is 3.38. The van der Waals surface area contributed by atoms with Crippen LogP contribution in [-0.4, -0.2) is 13.9 Å². The van der Waals surface area contributed by atoms with Crippen molar-refractivity contribution in [2.24, 2.45) is 0 Å². The maximum atomic E-state index is 13.2. The Bertz CT molecular complexity index is 695. The van der Waals surface area contributed by atoms with Gasteiger partial charge in [0.05, 0.1) is 0 Å². The summed E-state index contributed by atoms with van der Waals surface area (Å²) in [6.07, 6.45) is 1.50. The summed E-state index contributed by atoms with van der Waals surface area (Å²) < 4.78 is 25.2. The van der Waals surface area contributed by atoms with E-state index >= 15 is 0 Å². The third kappa shape index (κ3) is 4.37. The molecule has 0 aliphatic heterocycles. The monoisotopic (exact) mass is 320 g/mol. The maximum absolute atomic E-state index is 13.2. The van der Waals surface area contributed by atoms with Crippen molar-refractivity contribution in [2.75, 3.05) is 5.32 Å². The number of benzene rings is 1. The Hall–Kier alpha value is -1.75. The number of rotatable bonds is 4. The second-order valence-electron chi connectivity index (χ2n) is 6.25. The summed E-state index contributed by atoms with van der Waals surface area (Å²) in [6, 6.07) is 9.08. The SMILES string of the molecule is Cc1cnc(F)cc1Nc1cccc(CS(=O)C(C)(C)C)c1. The second-order valence-corrected chi connectivity index (χ2v) is 8.45. The van der Waals surface area contributed by atoms with Crippen LogP contribution in [0.4, 0.5) is 15.8 Å². The van der Waals surface area contributed by atoms with Crippen LogP contribution in [0.15, 0.2) is 36.5 Å². The molecule has 2 aromatic rings. The van der Waals surface area contributed by atoms with Crippen LogP contribution in [0.2, 0.25) is 0 Å². The first-order valence-corrected chi connectivity index (χ1v) is 8.44. The zero-order valence-corrected chi connectivity index (χ0v) is 14.1. The molecule has 1 aromatic carbocycles. The molecule has 0 amide bonds. The molecule has 1 aromatic heterocycles. The minimum absolute atomic E-state index is 0.242. The molecule has 0 saturated carbocycles. The molecule has 0 aliphatic carbocycles. The van der Waals surface area contributed by atoms with Gasteiger partial charge in [0.25, 0.3) is 0 Å². The van der Waals surface area contributed by atoms with Gasteiger partial charge in [-0.05, 0) is 51.0 Å². The summed E-state index contributed by atoms with van der Waals surface area (Å²) in [5, 5.41) is 3.19. The van der Waals surface area contributed by atoms with Crippen LogP contribution in [0.5, 0.6) is 0 Å². The molecule has 22 heavy (non-hydrogen) atoms. The average Bonchev–Trinajstić information content (AvgIpc) is 2.42. The molecule has 0 saturated heterocycles. The third-order valence-electron chi connectivity index (χ3n) is 3.26.